The normalized spacial score (nSPS) is 12.3. The van der Waals surface area contributed by atoms with Crippen LogP contribution >= 0.6 is 0 Å². The van der Waals surface area contributed by atoms with Gasteiger partial charge in [-0.3, -0.25) is 9.59 Å². The van der Waals surface area contributed by atoms with Crippen molar-refractivity contribution in [3.8, 4) is 5.75 Å². The van der Waals surface area contributed by atoms with Crippen LogP contribution in [0.3, 0.4) is 0 Å². The summed E-state index contributed by atoms with van der Waals surface area (Å²) < 4.78 is 6.76. The summed E-state index contributed by atoms with van der Waals surface area (Å²) in [5.41, 5.74) is 1.75. The summed E-state index contributed by atoms with van der Waals surface area (Å²) in [7, 11) is 1.62. The van der Waals surface area contributed by atoms with Crippen LogP contribution in [0.15, 0.2) is 29.1 Å². The maximum atomic E-state index is 12.7. The van der Waals surface area contributed by atoms with E-state index in [1.807, 2.05) is 24.3 Å². The molecule has 0 aliphatic heterocycles. The molecule has 1 N–H and O–H groups in total. The summed E-state index contributed by atoms with van der Waals surface area (Å²) in [5, 5.41) is 4.64. The zero-order valence-electron chi connectivity index (χ0n) is 17.5. The van der Waals surface area contributed by atoms with Gasteiger partial charge < -0.3 is 9.72 Å². The van der Waals surface area contributed by atoms with Gasteiger partial charge in [-0.15, -0.1) is 0 Å². The lowest BCUT2D eigenvalue weighted by molar-refractivity contribution is -0.118. The zero-order valence-corrected chi connectivity index (χ0v) is 17.5. The molecule has 0 aliphatic carbocycles. The molecule has 0 bridgehead atoms. The molecular weight excluding hydrogens is 368 g/mol. The highest BCUT2D eigenvalue weighted by atomic mass is 16.5. The number of hydrogen-bond acceptors (Lipinski definition) is 5. The number of Topliss-reactive ketones (excluding diaryl/α,β-unsaturated/α-hetero) is 1. The monoisotopic (exact) mass is 396 g/mol. The SMILES string of the molecule is CCCCCC(C(C)=O)c1nc(C)c2c(=O)[nH]c(Cc3ccc(OC)cc3)nn12. The van der Waals surface area contributed by atoms with E-state index in [0.29, 0.717) is 35.7 Å². The van der Waals surface area contributed by atoms with Gasteiger partial charge in [-0.25, -0.2) is 9.50 Å². The number of unbranched alkanes of at least 4 members (excludes halogenated alkanes) is 2. The topological polar surface area (TPSA) is 89.3 Å². The smallest absolute Gasteiger partial charge is 0.277 e. The fraction of sp³-hybridized carbons (Fsp3) is 0.455. The van der Waals surface area contributed by atoms with Crippen LogP contribution < -0.4 is 10.3 Å². The number of H-pyrrole nitrogens is 1. The molecule has 0 amide bonds. The summed E-state index contributed by atoms with van der Waals surface area (Å²) in [6, 6.07) is 7.62. The third-order valence-corrected chi connectivity index (χ3v) is 5.18. The highest BCUT2D eigenvalue weighted by Crippen LogP contribution is 2.24. The molecule has 7 heteroatoms. The predicted molar refractivity (Wildman–Crippen MR) is 112 cm³/mol. The average Bonchev–Trinajstić information content (AvgIpc) is 3.02. The van der Waals surface area contributed by atoms with Gasteiger partial charge in [0, 0.05) is 6.42 Å². The van der Waals surface area contributed by atoms with Crippen molar-refractivity contribution in [1.29, 1.82) is 0 Å². The third kappa shape index (κ3) is 4.55. The first-order chi connectivity index (χ1) is 13.9. The molecule has 0 radical (unpaired) electrons. The van der Waals surface area contributed by atoms with Gasteiger partial charge in [0.2, 0.25) is 0 Å². The Morgan fingerprint density at radius 2 is 1.97 bits per heavy atom. The number of carbonyl (C=O) groups excluding carboxylic acids is 1. The van der Waals surface area contributed by atoms with Crippen LogP contribution in [0, 0.1) is 6.92 Å². The van der Waals surface area contributed by atoms with E-state index in [1.165, 1.54) is 0 Å². The van der Waals surface area contributed by atoms with E-state index in [1.54, 1.807) is 25.5 Å². The molecule has 2 heterocycles. The lowest BCUT2D eigenvalue weighted by atomic mass is 9.97. The molecule has 154 valence electrons. The Hall–Kier alpha value is -2.96. The number of aryl methyl sites for hydroxylation is 1. The number of methoxy groups -OCH3 is 1. The Bertz CT molecular complexity index is 1050. The van der Waals surface area contributed by atoms with Crippen molar-refractivity contribution in [3.63, 3.8) is 0 Å². The van der Waals surface area contributed by atoms with E-state index < -0.39 is 0 Å². The Morgan fingerprint density at radius 3 is 2.59 bits per heavy atom. The lowest BCUT2D eigenvalue weighted by Gasteiger charge is -2.12. The Morgan fingerprint density at radius 1 is 1.24 bits per heavy atom. The highest BCUT2D eigenvalue weighted by molar-refractivity contribution is 5.82. The van der Waals surface area contributed by atoms with Gasteiger partial charge in [0.25, 0.3) is 5.56 Å². The van der Waals surface area contributed by atoms with Crippen molar-refractivity contribution in [1.82, 2.24) is 19.6 Å². The number of imidazole rings is 1. The molecule has 29 heavy (non-hydrogen) atoms. The number of hydrogen-bond donors (Lipinski definition) is 1. The van der Waals surface area contributed by atoms with Crippen molar-refractivity contribution in [2.24, 2.45) is 0 Å². The van der Waals surface area contributed by atoms with Crippen LogP contribution in [0.2, 0.25) is 0 Å². The number of nitrogens with one attached hydrogen (secondary N) is 1. The highest BCUT2D eigenvalue weighted by Gasteiger charge is 2.25. The summed E-state index contributed by atoms with van der Waals surface area (Å²) in [6.07, 6.45) is 4.26. The number of carbonyl (C=O) groups is 1. The minimum Gasteiger partial charge on any atom is -0.497 e. The van der Waals surface area contributed by atoms with Crippen LogP contribution in [-0.2, 0) is 11.2 Å². The second-order valence-electron chi connectivity index (χ2n) is 7.40. The summed E-state index contributed by atoms with van der Waals surface area (Å²) >= 11 is 0. The zero-order chi connectivity index (χ0) is 21.0. The molecule has 1 aromatic carbocycles. The molecule has 0 aliphatic rings. The minimum absolute atomic E-state index is 0.0480. The number of nitrogens with zero attached hydrogens (tertiary/aromatic N) is 3. The molecule has 0 saturated heterocycles. The van der Waals surface area contributed by atoms with E-state index in [0.717, 1.165) is 30.6 Å². The fourth-order valence-electron chi connectivity index (χ4n) is 3.59. The van der Waals surface area contributed by atoms with E-state index in [2.05, 4.69) is 22.0 Å². The van der Waals surface area contributed by atoms with E-state index in [4.69, 9.17) is 4.74 Å². The second-order valence-corrected chi connectivity index (χ2v) is 7.40. The van der Waals surface area contributed by atoms with Crippen molar-refractivity contribution in [2.75, 3.05) is 7.11 Å². The Kier molecular flexibility index (Phi) is 6.46. The van der Waals surface area contributed by atoms with Crippen LogP contribution in [-0.4, -0.2) is 32.5 Å². The molecule has 1 unspecified atom stereocenters. The van der Waals surface area contributed by atoms with Crippen LogP contribution in [0.4, 0.5) is 0 Å². The first-order valence-corrected chi connectivity index (χ1v) is 10.1. The van der Waals surface area contributed by atoms with Gasteiger partial charge in [0.1, 0.15) is 23.2 Å². The maximum Gasteiger partial charge on any atom is 0.277 e. The number of ketones is 1. The molecule has 3 aromatic rings. The molecule has 0 fully saturated rings. The maximum absolute atomic E-state index is 12.7. The molecule has 0 spiro atoms. The van der Waals surface area contributed by atoms with Crippen LogP contribution in [0.5, 0.6) is 5.75 Å². The van der Waals surface area contributed by atoms with Crippen LogP contribution in [0.1, 0.15) is 68.4 Å². The summed E-state index contributed by atoms with van der Waals surface area (Å²) in [5.74, 6) is 1.55. The van der Waals surface area contributed by atoms with E-state index in [-0.39, 0.29) is 17.3 Å². The van der Waals surface area contributed by atoms with Crippen molar-refractivity contribution in [2.45, 2.75) is 58.8 Å². The van der Waals surface area contributed by atoms with Gasteiger partial charge in [-0.2, -0.15) is 5.10 Å². The van der Waals surface area contributed by atoms with Gasteiger partial charge in [0.15, 0.2) is 5.52 Å². The van der Waals surface area contributed by atoms with Gasteiger partial charge in [-0.05, 0) is 38.0 Å². The standard InChI is InChI=1S/C22H28N4O3/c1-5-6-7-8-18(15(3)27)21-23-14(2)20-22(28)24-19(25-26(20)21)13-16-9-11-17(29-4)12-10-16/h9-12,18H,5-8,13H2,1-4H3,(H,24,25,28). The number of aromatic nitrogens is 4. The molecule has 1 atom stereocenters. The number of benzene rings is 1. The first-order valence-electron chi connectivity index (χ1n) is 10.1. The Labute approximate surface area is 170 Å². The summed E-state index contributed by atoms with van der Waals surface area (Å²) in [6.45, 7) is 5.49. The minimum atomic E-state index is -0.356. The number of ether oxygens (including phenoxy) is 1. The number of aromatic amines is 1. The number of rotatable bonds is 9. The second kappa shape index (κ2) is 9.03. The van der Waals surface area contributed by atoms with E-state index >= 15 is 0 Å². The van der Waals surface area contributed by atoms with Gasteiger partial charge in [-0.1, -0.05) is 38.3 Å². The molecule has 3 rings (SSSR count). The van der Waals surface area contributed by atoms with Gasteiger partial charge >= 0.3 is 0 Å². The van der Waals surface area contributed by atoms with Crippen LogP contribution in [0.25, 0.3) is 5.52 Å². The Balaban J connectivity index is 2.00. The number of fused-ring (bicyclic) bond motifs is 1. The molecule has 2 aromatic heterocycles. The largest absolute Gasteiger partial charge is 0.497 e. The predicted octanol–water partition coefficient (Wildman–Crippen LogP) is 3.58. The summed E-state index contributed by atoms with van der Waals surface area (Å²) in [4.78, 5) is 32.5. The molecular formula is C22H28N4O3. The lowest BCUT2D eigenvalue weighted by Crippen LogP contribution is -2.20. The molecule has 0 saturated carbocycles. The average molecular weight is 396 g/mol. The third-order valence-electron chi connectivity index (χ3n) is 5.18. The van der Waals surface area contributed by atoms with Crippen molar-refractivity contribution in [3.05, 3.63) is 57.5 Å². The first kappa shape index (κ1) is 20.8. The van der Waals surface area contributed by atoms with Crippen molar-refractivity contribution >= 4 is 11.3 Å². The quantitative estimate of drug-likeness (QED) is 0.559. The van der Waals surface area contributed by atoms with Gasteiger partial charge in [0.05, 0.1) is 18.7 Å². The van der Waals surface area contributed by atoms with E-state index in [9.17, 15) is 9.59 Å². The van der Waals surface area contributed by atoms with Crippen molar-refractivity contribution < 1.29 is 9.53 Å². The fourth-order valence-corrected chi connectivity index (χ4v) is 3.59. The molecule has 7 nitrogen and oxygen atoms in total.